The van der Waals surface area contributed by atoms with Crippen molar-refractivity contribution >= 4 is 23.3 Å². The first kappa shape index (κ1) is 21.3. The second-order valence-corrected chi connectivity index (χ2v) is 10.7. The van der Waals surface area contributed by atoms with Crippen LogP contribution in [0.5, 0.6) is 0 Å². The van der Waals surface area contributed by atoms with E-state index in [1.54, 1.807) is 0 Å². The standard InChI is InChI=1S/C26H29O2P/c1-16-14-21(6)23(22(7)15-16)26(27)29(28,24-17(2)10-8-11-18(24)3)25-19(4)12-9-13-20(25)5/h8-15H,1-7H3. The van der Waals surface area contributed by atoms with Crippen LogP contribution < -0.4 is 10.6 Å². The van der Waals surface area contributed by atoms with Crippen LogP contribution in [0.15, 0.2) is 48.5 Å². The van der Waals surface area contributed by atoms with Crippen LogP contribution in [0.25, 0.3) is 0 Å². The van der Waals surface area contributed by atoms with Crippen molar-refractivity contribution in [3.63, 3.8) is 0 Å². The van der Waals surface area contributed by atoms with E-state index in [1.165, 1.54) is 0 Å². The summed E-state index contributed by atoms with van der Waals surface area (Å²) in [6.45, 7) is 13.7. The molecule has 0 N–H and O–H groups in total. The zero-order chi connectivity index (χ0) is 21.5. The second kappa shape index (κ2) is 7.76. The van der Waals surface area contributed by atoms with Gasteiger partial charge in [0, 0.05) is 16.2 Å². The van der Waals surface area contributed by atoms with E-state index in [1.807, 2.05) is 97.0 Å². The quantitative estimate of drug-likeness (QED) is 0.500. The van der Waals surface area contributed by atoms with Crippen LogP contribution in [0, 0.1) is 48.5 Å². The summed E-state index contributed by atoms with van der Waals surface area (Å²) in [6.07, 6.45) is 0. The lowest BCUT2D eigenvalue weighted by Crippen LogP contribution is -2.30. The molecule has 0 spiro atoms. The van der Waals surface area contributed by atoms with Gasteiger partial charge >= 0.3 is 0 Å². The fraction of sp³-hybridized carbons (Fsp3) is 0.269. The van der Waals surface area contributed by atoms with E-state index in [9.17, 15) is 4.79 Å². The predicted molar refractivity (Wildman–Crippen MR) is 124 cm³/mol. The minimum absolute atomic E-state index is 0.262. The Morgan fingerprint density at radius 1 is 0.621 bits per heavy atom. The van der Waals surface area contributed by atoms with E-state index >= 15 is 4.57 Å². The Hall–Kier alpha value is -2.44. The fourth-order valence-electron chi connectivity index (χ4n) is 4.59. The van der Waals surface area contributed by atoms with E-state index in [0.29, 0.717) is 16.2 Å². The molecule has 150 valence electrons. The summed E-state index contributed by atoms with van der Waals surface area (Å²) in [5, 5.41) is 1.36. The van der Waals surface area contributed by atoms with Crippen molar-refractivity contribution in [2.75, 3.05) is 0 Å². The molecule has 3 aromatic rings. The topological polar surface area (TPSA) is 34.1 Å². The maximum absolute atomic E-state index is 15.0. The van der Waals surface area contributed by atoms with Gasteiger partial charge in [0.25, 0.3) is 0 Å². The van der Waals surface area contributed by atoms with E-state index in [2.05, 4.69) is 0 Å². The smallest absolute Gasteiger partial charge is 0.230 e. The molecule has 3 aromatic carbocycles. The monoisotopic (exact) mass is 404 g/mol. The third kappa shape index (κ3) is 3.51. The number of hydrogen-bond donors (Lipinski definition) is 0. The molecule has 0 saturated heterocycles. The number of hydrogen-bond acceptors (Lipinski definition) is 2. The van der Waals surface area contributed by atoms with E-state index in [4.69, 9.17) is 0 Å². The molecule has 3 heteroatoms. The summed E-state index contributed by atoms with van der Waals surface area (Å²) in [6, 6.07) is 15.7. The Morgan fingerprint density at radius 2 is 0.966 bits per heavy atom. The molecule has 0 atom stereocenters. The number of benzene rings is 3. The molecule has 0 radical (unpaired) electrons. The van der Waals surface area contributed by atoms with Gasteiger partial charge in [0.2, 0.25) is 12.7 Å². The summed E-state index contributed by atoms with van der Waals surface area (Å²) in [7, 11) is -3.60. The van der Waals surface area contributed by atoms with Crippen LogP contribution in [0.2, 0.25) is 0 Å². The fourth-order valence-corrected chi connectivity index (χ4v) is 8.18. The SMILES string of the molecule is Cc1cc(C)c(C(=O)P(=O)(c2c(C)cccc2C)c2c(C)cccc2C)c(C)c1. The Morgan fingerprint density at radius 3 is 1.31 bits per heavy atom. The number of carbonyl (C=O) groups is 1. The molecule has 0 aliphatic rings. The summed E-state index contributed by atoms with van der Waals surface area (Å²) >= 11 is 0. The summed E-state index contributed by atoms with van der Waals surface area (Å²) in [5.41, 5.74) is 6.77. The van der Waals surface area contributed by atoms with Gasteiger partial charge in [-0.2, -0.15) is 0 Å². The zero-order valence-corrected chi connectivity index (χ0v) is 19.3. The molecule has 0 fully saturated rings. The number of rotatable bonds is 4. The summed E-state index contributed by atoms with van der Waals surface area (Å²) in [4.78, 5) is 14.2. The molecule has 0 unspecified atom stereocenters. The minimum Gasteiger partial charge on any atom is -0.305 e. The van der Waals surface area contributed by atoms with Crippen molar-refractivity contribution < 1.29 is 9.36 Å². The maximum Gasteiger partial charge on any atom is 0.230 e. The van der Waals surface area contributed by atoms with Crippen molar-refractivity contribution in [1.29, 1.82) is 0 Å². The van der Waals surface area contributed by atoms with Gasteiger partial charge in [-0.25, -0.2) is 0 Å². The van der Waals surface area contributed by atoms with Crippen molar-refractivity contribution in [3.05, 3.63) is 93.0 Å². The minimum atomic E-state index is -3.60. The number of carbonyl (C=O) groups excluding carboxylic acids is 1. The van der Waals surface area contributed by atoms with E-state index in [0.717, 1.165) is 38.9 Å². The third-order valence-corrected chi connectivity index (χ3v) is 9.15. The Kier molecular flexibility index (Phi) is 5.70. The highest BCUT2D eigenvalue weighted by Gasteiger charge is 2.41. The Balaban J connectivity index is 2.46. The highest BCUT2D eigenvalue weighted by atomic mass is 31.2. The first-order chi connectivity index (χ1) is 13.6. The van der Waals surface area contributed by atoms with Crippen LogP contribution >= 0.6 is 7.14 Å². The molecular formula is C26H29O2P. The average molecular weight is 404 g/mol. The zero-order valence-electron chi connectivity index (χ0n) is 18.4. The first-order valence-corrected chi connectivity index (χ1v) is 11.7. The first-order valence-electron chi connectivity index (χ1n) is 9.95. The van der Waals surface area contributed by atoms with E-state index < -0.39 is 7.14 Å². The van der Waals surface area contributed by atoms with Gasteiger partial charge in [-0.1, -0.05) is 54.1 Å². The Labute approximate surface area is 174 Å². The lowest BCUT2D eigenvalue weighted by atomic mass is 10.0. The van der Waals surface area contributed by atoms with Gasteiger partial charge < -0.3 is 4.57 Å². The molecule has 0 aromatic heterocycles. The van der Waals surface area contributed by atoms with Gasteiger partial charge in [0.15, 0.2) is 0 Å². The lowest BCUT2D eigenvalue weighted by molar-refractivity contribution is 0.107. The van der Waals surface area contributed by atoms with Crippen LogP contribution in [-0.2, 0) is 4.57 Å². The molecule has 29 heavy (non-hydrogen) atoms. The molecule has 0 aliphatic heterocycles. The largest absolute Gasteiger partial charge is 0.305 e. The van der Waals surface area contributed by atoms with Gasteiger partial charge in [-0.05, 0) is 81.8 Å². The second-order valence-electron chi connectivity index (χ2n) is 8.17. The van der Waals surface area contributed by atoms with Gasteiger partial charge in [-0.3, -0.25) is 4.79 Å². The van der Waals surface area contributed by atoms with Crippen molar-refractivity contribution in [3.8, 4) is 0 Å². The maximum atomic E-state index is 15.0. The molecule has 2 nitrogen and oxygen atoms in total. The third-order valence-electron chi connectivity index (χ3n) is 5.69. The highest BCUT2D eigenvalue weighted by Crippen LogP contribution is 2.51. The van der Waals surface area contributed by atoms with Gasteiger partial charge in [0.05, 0.1) is 0 Å². The molecule has 0 saturated carbocycles. The Bertz CT molecular complexity index is 1050. The number of aryl methyl sites for hydroxylation is 7. The molecule has 0 bridgehead atoms. The molecule has 0 heterocycles. The van der Waals surface area contributed by atoms with Crippen LogP contribution in [-0.4, -0.2) is 5.52 Å². The molecule has 3 rings (SSSR count). The normalized spacial score (nSPS) is 11.6. The molecule has 0 aliphatic carbocycles. The van der Waals surface area contributed by atoms with Gasteiger partial charge in [0.1, 0.15) is 0 Å². The van der Waals surface area contributed by atoms with Crippen LogP contribution in [0.4, 0.5) is 0 Å². The van der Waals surface area contributed by atoms with Crippen molar-refractivity contribution in [1.82, 2.24) is 0 Å². The summed E-state index contributed by atoms with van der Waals surface area (Å²) < 4.78 is 15.0. The average Bonchev–Trinajstić information content (AvgIpc) is 2.60. The van der Waals surface area contributed by atoms with Crippen molar-refractivity contribution in [2.45, 2.75) is 48.5 Å². The highest BCUT2D eigenvalue weighted by molar-refractivity contribution is 7.93. The van der Waals surface area contributed by atoms with Crippen molar-refractivity contribution in [2.24, 2.45) is 0 Å². The van der Waals surface area contributed by atoms with E-state index in [-0.39, 0.29) is 5.52 Å². The van der Waals surface area contributed by atoms with Gasteiger partial charge in [-0.15, -0.1) is 0 Å². The lowest BCUT2D eigenvalue weighted by Gasteiger charge is -2.26. The van der Waals surface area contributed by atoms with Crippen LogP contribution in [0.3, 0.4) is 0 Å². The van der Waals surface area contributed by atoms with Crippen LogP contribution in [0.1, 0.15) is 49.3 Å². The summed E-state index contributed by atoms with van der Waals surface area (Å²) in [5.74, 6) is 0. The molecule has 0 amide bonds. The predicted octanol–water partition coefficient (Wildman–Crippen LogP) is 6.00. The molecular weight excluding hydrogens is 375 g/mol.